The molecule has 256 valence electrons. The molecule has 0 amide bonds. The maximum absolute atomic E-state index is 14.1. The summed E-state index contributed by atoms with van der Waals surface area (Å²) in [6.07, 6.45) is 0.900. The van der Waals surface area contributed by atoms with Crippen LogP contribution in [0.5, 0.6) is 5.75 Å². The topological polar surface area (TPSA) is 149 Å². The minimum Gasteiger partial charge on any atom is -0.493 e. The number of aryl methyl sites for hydroxylation is 1. The SMILES string of the molecule is CC(C)(C)OC(=O)C(CCn1nnc2ccccc2c1=O)(CC(=O)c1cc2cc(OCC3CCOCC3)ccc2o1)C(=O)OC(C)(C)C. The molecule has 1 aliphatic rings. The molecule has 12 heteroatoms. The largest absolute Gasteiger partial charge is 0.493 e. The predicted octanol–water partition coefficient (Wildman–Crippen LogP) is 5.68. The highest BCUT2D eigenvalue weighted by Gasteiger charge is 2.53. The van der Waals surface area contributed by atoms with Crippen LogP contribution in [0.1, 0.15) is 77.8 Å². The van der Waals surface area contributed by atoms with E-state index in [1.165, 1.54) is 0 Å². The second kappa shape index (κ2) is 13.9. The lowest BCUT2D eigenvalue weighted by molar-refractivity contribution is -0.186. The van der Waals surface area contributed by atoms with Gasteiger partial charge in [0.05, 0.1) is 12.0 Å². The molecule has 48 heavy (non-hydrogen) atoms. The van der Waals surface area contributed by atoms with Gasteiger partial charge in [0.1, 0.15) is 28.1 Å². The number of nitrogens with zero attached hydrogens (tertiary/aromatic N) is 3. The summed E-state index contributed by atoms with van der Waals surface area (Å²) in [4.78, 5) is 55.4. The smallest absolute Gasteiger partial charge is 0.324 e. The fourth-order valence-corrected chi connectivity index (χ4v) is 5.48. The maximum Gasteiger partial charge on any atom is 0.324 e. The van der Waals surface area contributed by atoms with Gasteiger partial charge >= 0.3 is 11.9 Å². The lowest BCUT2D eigenvalue weighted by atomic mass is 9.78. The normalized spacial score (nSPS) is 14.6. The Morgan fingerprint density at radius 1 is 0.917 bits per heavy atom. The summed E-state index contributed by atoms with van der Waals surface area (Å²) in [5.41, 5.74) is -3.78. The molecule has 0 saturated carbocycles. The summed E-state index contributed by atoms with van der Waals surface area (Å²) >= 11 is 0. The Balaban J connectivity index is 1.47. The Hall–Kier alpha value is -4.58. The van der Waals surface area contributed by atoms with E-state index in [1.807, 2.05) is 0 Å². The van der Waals surface area contributed by atoms with E-state index >= 15 is 0 Å². The summed E-state index contributed by atoms with van der Waals surface area (Å²) in [5, 5.41) is 9.09. The van der Waals surface area contributed by atoms with Crippen LogP contribution in [0.3, 0.4) is 0 Å². The highest BCUT2D eigenvalue weighted by Crippen LogP contribution is 2.37. The van der Waals surface area contributed by atoms with Crippen molar-refractivity contribution in [1.29, 1.82) is 0 Å². The quantitative estimate of drug-likeness (QED) is 0.111. The monoisotopic (exact) mass is 661 g/mol. The van der Waals surface area contributed by atoms with E-state index in [9.17, 15) is 19.2 Å². The Kier molecular flexibility index (Phi) is 10.0. The van der Waals surface area contributed by atoms with Gasteiger partial charge in [0.15, 0.2) is 17.0 Å². The van der Waals surface area contributed by atoms with Gasteiger partial charge in [-0.3, -0.25) is 19.2 Å². The van der Waals surface area contributed by atoms with E-state index < -0.39 is 46.3 Å². The van der Waals surface area contributed by atoms with Crippen LogP contribution in [-0.2, 0) is 30.3 Å². The number of Topliss-reactive ketones (excluding diaryl/α,β-unsaturated/α-hetero) is 1. The zero-order valence-corrected chi connectivity index (χ0v) is 28.4. The van der Waals surface area contributed by atoms with Crippen molar-refractivity contribution in [3.05, 3.63) is 64.6 Å². The third-order valence-corrected chi connectivity index (χ3v) is 8.01. The van der Waals surface area contributed by atoms with Gasteiger partial charge < -0.3 is 23.4 Å². The van der Waals surface area contributed by atoms with Crippen molar-refractivity contribution in [3.8, 4) is 5.75 Å². The lowest BCUT2D eigenvalue weighted by Crippen LogP contribution is -2.49. The molecule has 0 atom stereocenters. The van der Waals surface area contributed by atoms with Gasteiger partial charge in [-0.05, 0) is 103 Å². The first-order chi connectivity index (χ1) is 22.6. The molecule has 0 bridgehead atoms. The van der Waals surface area contributed by atoms with Crippen LogP contribution in [-0.4, -0.2) is 63.7 Å². The van der Waals surface area contributed by atoms with Gasteiger partial charge in [0.2, 0.25) is 0 Å². The number of hydrogen-bond acceptors (Lipinski definition) is 11. The van der Waals surface area contributed by atoms with Crippen molar-refractivity contribution in [1.82, 2.24) is 15.0 Å². The summed E-state index contributed by atoms with van der Waals surface area (Å²) in [6.45, 7) is 11.7. The van der Waals surface area contributed by atoms with E-state index in [4.69, 9.17) is 23.4 Å². The van der Waals surface area contributed by atoms with Crippen LogP contribution in [0.25, 0.3) is 21.9 Å². The van der Waals surface area contributed by atoms with Crippen LogP contribution in [0.15, 0.2) is 57.7 Å². The number of esters is 2. The first-order valence-electron chi connectivity index (χ1n) is 16.2. The van der Waals surface area contributed by atoms with Crippen LogP contribution in [0.4, 0.5) is 0 Å². The predicted molar refractivity (Wildman–Crippen MR) is 177 cm³/mol. The van der Waals surface area contributed by atoms with Crippen molar-refractivity contribution in [3.63, 3.8) is 0 Å². The third-order valence-electron chi connectivity index (χ3n) is 8.01. The van der Waals surface area contributed by atoms with Crippen molar-refractivity contribution in [2.75, 3.05) is 19.8 Å². The molecule has 2 aromatic carbocycles. The summed E-state index contributed by atoms with van der Waals surface area (Å²) in [7, 11) is 0. The number of ketones is 1. The number of furan rings is 1. The Morgan fingerprint density at radius 3 is 2.25 bits per heavy atom. The minimum absolute atomic E-state index is 0.0502. The Bertz CT molecular complexity index is 1830. The molecule has 0 spiro atoms. The van der Waals surface area contributed by atoms with Crippen LogP contribution < -0.4 is 10.3 Å². The van der Waals surface area contributed by atoms with E-state index in [0.717, 1.165) is 30.7 Å². The molecule has 4 aromatic rings. The van der Waals surface area contributed by atoms with Crippen LogP contribution in [0, 0.1) is 11.3 Å². The molecule has 12 nitrogen and oxygen atoms in total. The number of fused-ring (bicyclic) bond motifs is 2. The summed E-state index contributed by atoms with van der Waals surface area (Å²) in [5.74, 6) is -1.55. The molecule has 5 rings (SSSR count). The summed E-state index contributed by atoms with van der Waals surface area (Å²) in [6, 6.07) is 13.6. The van der Waals surface area contributed by atoms with Crippen LogP contribution in [0.2, 0.25) is 0 Å². The number of rotatable bonds is 11. The minimum atomic E-state index is -2.15. The second-order valence-corrected chi connectivity index (χ2v) is 14.2. The number of ether oxygens (including phenoxy) is 4. The van der Waals surface area contributed by atoms with Gasteiger partial charge in [0, 0.05) is 31.6 Å². The molecule has 0 unspecified atom stereocenters. The van der Waals surface area contributed by atoms with Gasteiger partial charge in [-0.25, -0.2) is 4.68 Å². The van der Waals surface area contributed by atoms with E-state index in [2.05, 4.69) is 10.3 Å². The number of hydrogen-bond donors (Lipinski definition) is 0. The molecule has 0 aliphatic carbocycles. The van der Waals surface area contributed by atoms with Crippen molar-refractivity contribution in [2.24, 2.45) is 11.3 Å². The maximum atomic E-state index is 14.1. The fourth-order valence-electron chi connectivity index (χ4n) is 5.48. The fraction of sp³-hybridized carbons (Fsp3) is 0.500. The zero-order chi connectivity index (χ0) is 34.7. The Labute approximate surface area is 278 Å². The highest BCUT2D eigenvalue weighted by molar-refractivity contribution is 6.08. The molecule has 2 aromatic heterocycles. The molecule has 0 N–H and O–H groups in total. The molecular weight excluding hydrogens is 618 g/mol. The first kappa shape index (κ1) is 34.7. The lowest BCUT2D eigenvalue weighted by Gasteiger charge is -2.34. The van der Waals surface area contributed by atoms with Crippen LogP contribution >= 0.6 is 0 Å². The Morgan fingerprint density at radius 2 is 1.58 bits per heavy atom. The number of benzene rings is 2. The van der Waals surface area contributed by atoms with Crippen molar-refractivity contribution in [2.45, 2.75) is 85.0 Å². The molecule has 0 radical (unpaired) electrons. The molecule has 1 aliphatic heterocycles. The highest BCUT2D eigenvalue weighted by atomic mass is 16.6. The molecule has 3 heterocycles. The third kappa shape index (κ3) is 8.28. The molecule has 1 fully saturated rings. The zero-order valence-electron chi connectivity index (χ0n) is 28.4. The molecular formula is C36H43N3O9. The first-order valence-corrected chi connectivity index (χ1v) is 16.2. The van der Waals surface area contributed by atoms with Gasteiger partial charge in [-0.1, -0.05) is 17.3 Å². The molecule has 1 saturated heterocycles. The standard InChI is InChI=1S/C36H43N3O9/c1-34(2,3)47-32(42)36(33(43)48-35(4,5)6,15-16-39-31(41)26-9-7-8-10-27(26)37-38-39)21-28(40)30-20-24-19-25(11-12-29(24)46-30)45-22-23-13-17-44-18-14-23/h7-12,19-20,23H,13-18,21-22H2,1-6H3. The van der Waals surface area contributed by atoms with Crippen molar-refractivity contribution >= 4 is 39.6 Å². The van der Waals surface area contributed by atoms with Gasteiger partial charge in [-0.2, -0.15) is 0 Å². The average Bonchev–Trinajstić information content (AvgIpc) is 3.45. The summed E-state index contributed by atoms with van der Waals surface area (Å²) < 4.78 is 29.9. The van der Waals surface area contributed by atoms with Gasteiger partial charge in [-0.15, -0.1) is 5.10 Å². The number of carbonyl (C=O) groups excluding carboxylic acids is 3. The number of carbonyl (C=O) groups is 3. The second-order valence-electron chi connectivity index (χ2n) is 14.2. The van der Waals surface area contributed by atoms with Gasteiger partial charge in [0.25, 0.3) is 5.56 Å². The van der Waals surface area contributed by atoms with E-state index in [0.29, 0.717) is 40.1 Å². The number of aromatic nitrogens is 3. The van der Waals surface area contributed by atoms with E-state index in [1.54, 1.807) is 90.1 Å². The average molecular weight is 662 g/mol. The van der Waals surface area contributed by atoms with E-state index in [-0.39, 0.29) is 18.7 Å². The van der Waals surface area contributed by atoms with Crippen molar-refractivity contribution < 1.29 is 37.7 Å².